The summed E-state index contributed by atoms with van der Waals surface area (Å²) in [6, 6.07) is 16.5. The predicted molar refractivity (Wildman–Crippen MR) is 101 cm³/mol. The van der Waals surface area contributed by atoms with Crippen molar-refractivity contribution < 1.29 is 9.59 Å². The van der Waals surface area contributed by atoms with Gasteiger partial charge in [0.05, 0.1) is 30.3 Å². The average molecular weight is 363 g/mol. The van der Waals surface area contributed by atoms with Crippen molar-refractivity contribution in [1.82, 2.24) is 10.3 Å². The first-order valence-electron chi connectivity index (χ1n) is 8.36. The Kier molecular flexibility index (Phi) is 4.50. The molecule has 0 spiro atoms. The van der Waals surface area contributed by atoms with Crippen LogP contribution in [0.3, 0.4) is 0 Å². The van der Waals surface area contributed by atoms with Crippen LogP contribution in [0.25, 0.3) is 0 Å². The van der Waals surface area contributed by atoms with Crippen LogP contribution in [0.1, 0.15) is 33.4 Å². The number of amides is 2. The lowest BCUT2D eigenvalue weighted by molar-refractivity contribution is -0.121. The minimum atomic E-state index is -0.399. The Hall–Kier alpha value is -2.99. The number of aromatic nitrogens is 1. The van der Waals surface area contributed by atoms with Crippen molar-refractivity contribution in [3.63, 3.8) is 0 Å². The van der Waals surface area contributed by atoms with Gasteiger partial charge in [-0.15, -0.1) is 11.3 Å². The van der Waals surface area contributed by atoms with Gasteiger partial charge in [-0.3, -0.25) is 19.5 Å². The zero-order valence-corrected chi connectivity index (χ0v) is 14.8. The molecule has 5 nitrogen and oxygen atoms in total. The molecule has 4 rings (SSSR count). The molecule has 1 unspecified atom stereocenters. The number of para-hydroxylation sites is 1. The first-order chi connectivity index (χ1) is 12.7. The molecule has 130 valence electrons. The minimum Gasteiger partial charge on any atom is -0.351 e. The topological polar surface area (TPSA) is 62.3 Å². The van der Waals surface area contributed by atoms with Crippen molar-refractivity contribution in [3.8, 4) is 0 Å². The van der Waals surface area contributed by atoms with E-state index in [2.05, 4.69) is 10.3 Å². The summed E-state index contributed by atoms with van der Waals surface area (Å²) in [6.45, 7) is 0.498. The zero-order chi connectivity index (χ0) is 17.9. The van der Waals surface area contributed by atoms with E-state index < -0.39 is 6.04 Å². The van der Waals surface area contributed by atoms with E-state index in [1.165, 1.54) is 0 Å². The van der Waals surface area contributed by atoms with Crippen LogP contribution in [0.4, 0.5) is 5.69 Å². The average Bonchev–Trinajstić information content (AvgIpc) is 3.28. The number of carbonyl (C=O) groups excluding carboxylic acids is 2. The van der Waals surface area contributed by atoms with E-state index in [-0.39, 0.29) is 18.2 Å². The number of nitrogens with zero attached hydrogens (tertiary/aromatic N) is 2. The maximum atomic E-state index is 12.9. The Morgan fingerprint density at radius 3 is 2.73 bits per heavy atom. The Labute approximate surface area is 155 Å². The van der Waals surface area contributed by atoms with Crippen molar-refractivity contribution in [3.05, 3.63) is 82.3 Å². The summed E-state index contributed by atoms with van der Waals surface area (Å²) in [5, 5.41) is 4.92. The van der Waals surface area contributed by atoms with E-state index in [1.807, 2.05) is 47.8 Å². The van der Waals surface area contributed by atoms with Gasteiger partial charge >= 0.3 is 0 Å². The van der Waals surface area contributed by atoms with E-state index in [0.717, 1.165) is 10.6 Å². The van der Waals surface area contributed by atoms with Gasteiger partial charge < -0.3 is 5.32 Å². The summed E-state index contributed by atoms with van der Waals surface area (Å²) in [7, 11) is 0. The SMILES string of the molecule is O=C(CC1c2ncccc2C(=O)N1c1ccccc1)NCc1cccs1. The fourth-order valence-corrected chi connectivity index (χ4v) is 3.82. The van der Waals surface area contributed by atoms with Crippen LogP contribution < -0.4 is 10.2 Å². The molecule has 3 aromatic rings. The molecular formula is C20H17N3O2S. The second-order valence-corrected chi connectivity index (χ2v) is 7.06. The molecular weight excluding hydrogens is 346 g/mol. The lowest BCUT2D eigenvalue weighted by Crippen LogP contribution is -2.32. The third kappa shape index (κ3) is 3.11. The molecule has 0 fully saturated rings. The van der Waals surface area contributed by atoms with Gasteiger partial charge in [-0.25, -0.2) is 0 Å². The van der Waals surface area contributed by atoms with Crippen LogP contribution >= 0.6 is 11.3 Å². The van der Waals surface area contributed by atoms with Crippen LogP contribution in [-0.2, 0) is 11.3 Å². The zero-order valence-electron chi connectivity index (χ0n) is 14.0. The maximum Gasteiger partial charge on any atom is 0.260 e. The Morgan fingerprint density at radius 2 is 1.96 bits per heavy atom. The molecule has 0 saturated carbocycles. The fraction of sp³-hybridized carbons (Fsp3) is 0.150. The Morgan fingerprint density at radius 1 is 1.12 bits per heavy atom. The third-order valence-corrected chi connectivity index (χ3v) is 5.24. The number of anilines is 1. The number of carbonyl (C=O) groups is 2. The molecule has 1 N–H and O–H groups in total. The summed E-state index contributed by atoms with van der Waals surface area (Å²) in [5.41, 5.74) is 1.99. The third-order valence-electron chi connectivity index (χ3n) is 4.37. The van der Waals surface area contributed by atoms with E-state index in [0.29, 0.717) is 17.8 Å². The van der Waals surface area contributed by atoms with Gasteiger partial charge in [-0.05, 0) is 35.7 Å². The standard InChI is InChI=1S/C20H17N3O2S/c24-18(22-13-15-8-5-11-26-15)12-17-19-16(9-4-10-21-19)20(25)23(17)14-6-2-1-3-7-14/h1-11,17H,12-13H2,(H,22,24). The second kappa shape index (κ2) is 7.09. The highest BCUT2D eigenvalue weighted by molar-refractivity contribution is 7.09. The van der Waals surface area contributed by atoms with Crippen molar-refractivity contribution in [2.24, 2.45) is 0 Å². The molecule has 0 aliphatic carbocycles. The number of rotatable bonds is 5. The second-order valence-electron chi connectivity index (χ2n) is 6.02. The smallest absolute Gasteiger partial charge is 0.260 e. The fourth-order valence-electron chi connectivity index (χ4n) is 3.18. The molecule has 2 aromatic heterocycles. The number of hydrogen-bond acceptors (Lipinski definition) is 4. The maximum absolute atomic E-state index is 12.9. The lowest BCUT2D eigenvalue weighted by Gasteiger charge is -2.24. The normalized spacial score (nSPS) is 15.8. The Balaban J connectivity index is 1.58. The predicted octanol–water partition coefficient (Wildman–Crippen LogP) is 3.55. The van der Waals surface area contributed by atoms with Crippen LogP contribution in [0.2, 0.25) is 0 Å². The highest BCUT2D eigenvalue weighted by Gasteiger charge is 2.39. The van der Waals surface area contributed by atoms with Crippen molar-refractivity contribution in [2.45, 2.75) is 19.0 Å². The van der Waals surface area contributed by atoms with Gasteiger partial charge in [0.25, 0.3) is 5.91 Å². The molecule has 1 aliphatic heterocycles. The van der Waals surface area contributed by atoms with Crippen LogP contribution in [0.5, 0.6) is 0 Å². The molecule has 1 atom stereocenters. The monoisotopic (exact) mass is 363 g/mol. The molecule has 1 aromatic carbocycles. The van der Waals surface area contributed by atoms with Gasteiger partial charge in [0, 0.05) is 16.8 Å². The van der Waals surface area contributed by atoms with Gasteiger partial charge in [0.2, 0.25) is 5.91 Å². The quantitative estimate of drug-likeness (QED) is 0.754. The summed E-state index contributed by atoms with van der Waals surface area (Å²) in [6.07, 6.45) is 1.84. The summed E-state index contributed by atoms with van der Waals surface area (Å²) in [4.78, 5) is 32.6. The molecule has 2 amide bonds. The largest absolute Gasteiger partial charge is 0.351 e. The van der Waals surface area contributed by atoms with Crippen LogP contribution in [-0.4, -0.2) is 16.8 Å². The molecule has 0 radical (unpaired) electrons. The molecule has 0 bridgehead atoms. The summed E-state index contributed by atoms with van der Waals surface area (Å²) < 4.78 is 0. The van der Waals surface area contributed by atoms with E-state index >= 15 is 0 Å². The summed E-state index contributed by atoms with van der Waals surface area (Å²) in [5.74, 6) is -0.217. The molecule has 1 aliphatic rings. The number of pyridine rings is 1. The van der Waals surface area contributed by atoms with Crippen LogP contribution in [0.15, 0.2) is 66.2 Å². The van der Waals surface area contributed by atoms with Crippen LogP contribution in [0, 0.1) is 0 Å². The molecule has 3 heterocycles. The summed E-state index contributed by atoms with van der Waals surface area (Å²) >= 11 is 1.60. The number of nitrogens with one attached hydrogen (secondary N) is 1. The van der Waals surface area contributed by atoms with Crippen molar-refractivity contribution in [2.75, 3.05) is 4.90 Å². The van der Waals surface area contributed by atoms with E-state index in [1.54, 1.807) is 34.6 Å². The van der Waals surface area contributed by atoms with Gasteiger partial charge in [-0.1, -0.05) is 24.3 Å². The van der Waals surface area contributed by atoms with Crippen molar-refractivity contribution in [1.29, 1.82) is 0 Å². The number of hydrogen-bond donors (Lipinski definition) is 1. The van der Waals surface area contributed by atoms with Gasteiger partial charge in [-0.2, -0.15) is 0 Å². The molecule has 0 saturated heterocycles. The van der Waals surface area contributed by atoms with Gasteiger partial charge in [0.1, 0.15) is 0 Å². The Bertz CT molecular complexity index is 925. The first-order valence-corrected chi connectivity index (χ1v) is 9.24. The first kappa shape index (κ1) is 16.5. The number of benzene rings is 1. The highest BCUT2D eigenvalue weighted by Crippen LogP contribution is 2.38. The van der Waals surface area contributed by atoms with Crippen molar-refractivity contribution >= 4 is 28.8 Å². The molecule has 6 heteroatoms. The number of thiophene rings is 1. The van der Waals surface area contributed by atoms with Gasteiger partial charge in [0.15, 0.2) is 0 Å². The molecule has 26 heavy (non-hydrogen) atoms. The lowest BCUT2D eigenvalue weighted by atomic mass is 10.1. The minimum absolute atomic E-state index is 0.101. The van der Waals surface area contributed by atoms with E-state index in [9.17, 15) is 9.59 Å². The number of fused-ring (bicyclic) bond motifs is 1. The highest BCUT2D eigenvalue weighted by atomic mass is 32.1. The van der Waals surface area contributed by atoms with E-state index in [4.69, 9.17) is 0 Å².